The van der Waals surface area contributed by atoms with Crippen LogP contribution in [0, 0.1) is 13.8 Å². The Kier molecular flexibility index (Phi) is 4.64. The maximum atomic E-state index is 12.7. The molecule has 1 amide bonds. The first-order chi connectivity index (χ1) is 14.6. The average Bonchev–Trinajstić information content (AvgIpc) is 3.05. The molecule has 1 aliphatic rings. The van der Waals surface area contributed by atoms with Crippen LogP contribution >= 0.6 is 11.8 Å². The van der Waals surface area contributed by atoms with Gasteiger partial charge in [-0.1, -0.05) is 54.6 Å². The van der Waals surface area contributed by atoms with E-state index in [9.17, 15) is 4.79 Å². The number of benzene rings is 4. The van der Waals surface area contributed by atoms with Crippen LogP contribution in [0.3, 0.4) is 0 Å². The SMILES string of the molecule is Cc1cc(C)cc(N=C2NC(=O)/C(=C/c3c4ccccc4cc4ccccc34)S2)c1. The lowest BCUT2D eigenvalue weighted by atomic mass is 9.96. The van der Waals surface area contributed by atoms with Crippen molar-refractivity contribution in [3.63, 3.8) is 0 Å². The lowest BCUT2D eigenvalue weighted by molar-refractivity contribution is -0.115. The molecule has 3 nitrogen and oxygen atoms in total. The predicted octanol–water partition coefficient (Wildman–Crippen LogP) is 6.50. The van der Waals surface area contributed by atoms with Crippen molar-refractivity contribution in [2.75, 3.05) is 0 Å². The van der Waals surface area contributed by atoms with Crippen LogP contribution in [-0.4, -0.2) is 11.1 Å². The van der Waals surface area contributed by atoms with Gasteiger partial charge in [0.05, 0.1) is 10.6 Å². The van der Waals surface area contributed by atoms with Crippen LogP contribution in [0.5, 0.6) is 0 Å². The van der Waals surface area contributed by atoms with Gasteiger partial charge in [-0.15, -0.1) is 0 Å². The first-order valence-electron chi connectivity index (χ1n) is 9.85. The Morgan fingerprint density at radius 1 is 0.833 bits per heavy atom. The van der Waals surface area contributed by atoms with Crippen LogP contribution in [0.1, 0.15) is 16.7 Å². The largest absolute Gasteiger partial charge is 0.300 e. The van der Waals surface area contributed by atoms with Gasteiger partial charge in [-0.3, -0.25) is 4.79 Å². The molecule has 0 radical (unpaired) electrons. The minimum atomic E-state index is -0.111. The van der Waals surface area contributed by atoms with Crippen LogP contribution in [0.25, 0.3) is 27.6 Å². The minimum Gasteiger partial charge on any atom is -0.300 e. The fraction of sp³-hybridized carbons (Fsp3) is 0.0769. The van der Waals surface area contributed by atoms with E-state index in [1.165, 1.54) is 11.8 Å². The second-order valence-corrected chi connectivity index (χ2v) is 8.59. The van der Waals surface area contributed by atoms with E-state index >= 15 is 0 Å². The van der Waals surface area contributed by atoms with E-state index in [1.807, 2.05) is 56.3 Å². The van der Waals surface area contributed by atoms with Crippen molar-refractivity contribution in [3.05, 3.63) is 94.4 Å². The van der Waals surface area contributed by atoms with Crippen molar-refractivity contribution in [2.45, 2.75) is 13.8 Å². The molecule has 1 heterocycles. The molecule has 4 heteroatoms. The first kappa shape index (κ1) is 18.6. The number of hydrogen-bond donors (Lipinski definition) is 1. The highest BCUT2D eigenvalue weighted by atomic mass is 32.2. The number of rotatable bonds is 2. The van der Waals surface area contributed by atoms with E-state index in [4.69, 9.17) is 0 Å². The summed E-state index contributed by atoms with van der Waals surface area (Å²) < 4.78 is 0. The van der Waals surface area contributed by atoms with Crippen molar-refractivity contribution in [3.8, 4) is 0 Å². The van der Waals surface area contributed by atoms with Crippen LogP contribution in [-0.2, 0) is 4.79 Å². The summed E-state index contributed by atoms with van der Waals surface area (Å²) >= 11 is 1.39. The summed E-state index contributed by atoms with van der Waals surface area (Å²) in [6.07, 6.45) is 1.99. The zero-order chi connectivity index (χ0) is 20.7. The van der Waals surface area contributed by atoms with Crippen LogP contribution in [0.2, 0.25) is 0 Å². The molecular weight excluding hydrogens is 388 g/mol. The Balaban J connectivity index is 1.60. The highest BCUT2D eigenvalue weighted by Crippen LogP contribution is 2.34. The third-order valence-corrected chi connectivity index (χ3v) is 6.09. The number of nitrogens with zero attached hydrogens (tertiary/aromatic N) is 1. The van der Waals surface area contributed by atoms with E-state index in [0.717, 1.165) is 43.9 Å². The average molecular weight is 409 g/mol. The summed E-state index contributed by atoms with van der Waals surface area (Å²) in [5.41, 5.74) is 4.23. The molecule has 0 aliphatic carbocycles. The maximum Gasteiger partial charge on any atom is 0.264 e. The Labute approximate surface area is 179 Å². The number of aliphatic imine (C=N–C) groups is 1. The normalized spacial score (nSPS) is 16.7. The minimum absolute atomic E-state index is 0.111. The Morgan fingerprint density at radius 2 is 1.43 bits per heavy atom. The smallest absolute Gasteiger partial charge is 0.264 e. The van der Waals surface area contributed by atoms with Crippen molar-refractivity contribution >= 4 is 56.1 Å². The zero-order valence-corrected chi connectivity index (χ0v) is 17.6. The number of carbonyl (C=O) groups is 1. The van der Waals surface area contributed by atoms with Crippen molar-refractivity contribution in [2.24, 2.45) is 4.99 Å². The van der Waals surface area contributed by atoms with Gasteiger partial charge in [-0.2, -0.15) is 0 Å². The molecule has 0 spiro atoms. The van der Waals surface area contributed by atoms with Gasteiger partial charge in [0.15, 0.2) is 5.17 Å². The quantitative estimate of drug-likeness (QED) is 0.304. The highest BCUT2D eigenvalue weighted by molar-refractivity contribution is 8.18. The van der Waals surface area contributed by atoms with E-state index < -0.39 is 0 Å². The Morgan fingerprint density at radius 3 is 2.07 bits per heavy atom. The molecule has 0 atom stereocenters. The monoisotopic (exact) mass is 408 g/mol. The van der Waals surface area contributed by atoms with Gasteiger partial charge < -0.3 is 5.32 Å². The van der Waals surface area contributed by atoms with Gasteiger partial charge in [0.1, 0.15) is 0 Å². The molecule has 1 saturated heterocycles. The number of hydrogen-bond acceptors (Lipinski definition) is 3. The third-order valence-electron chi connectivity index (χ3n) is 5.18. The fourth-order valence-electron chi connectivity index (χ4n) is 3.95. The van der Waals surface area contributed by atoms with Gasteiger partial charge in [0, 0.05) is 0 Å². The lowest BCUT2D eigenvalue weighted by Gasteiger charge is -2.08. The van der Waals surface area contributed by atoms with Crippen molar-refractivity contribution in [1.29, 1.82) is 0 Å². The molecule has 30 heavy (non-hydrogen) atoms. The molecule has 0 saturated carbocycles. The standard InChI is InChI=1S/C26H20N2OS/c1-16-11-17(2)13-20(12-16)27-26-28-25(29)24(30-26)15-23-21-9-5-3-7-18(21)14-19-8-4-6-10-22(19)23/h3-15H,1-2H3,(H,27,28,29)/b24-15-. The topological polar surface area (TPSA) is 41.5 Å². The van der Waals surface area contributed by atoms with Gasteiger partial charge >= 0.3 is 0 Å². The van der Waals surface area contributed by atoms with E-state index in [-0.39, 0.29) is 5.91 Å². The Bertz CT molecular complexity index is 1310. The Hall–Kier alpha value is -3.37. The first-order valence-corrected chi connectivity index (χ1v) is 10.7. The third kappa shape index (κ3) is 3.51. The summed E-state index contributed by atoms with van der Waals surface area (Å²) in [4.78, 5) is 18.0. The molecular formula is C26H20N2OS. The number of fused-ring (bicyclic) bond motifs is 2. The predicted molar refractivity (Wildman–Crippen MR) is 128 cm³/mol. The number of nitrogens with one attached hydrogen (secondary N) is 1. The number of aryl methyl sites for hydroxylation is 2. The van der Waals surface area contributed by atoms with Gasteiger partial charge in [-0.25, -0.2) is 4.99 Å². The molecule has 4 aromatic carbocycles. The maximum absolute atomic E-state index is 12.7. The van der Waals surface area contributed by atoms with E-state index in [0.29, 0.717) is 10.1 Å². The summed E-state index contributed by atoms with van der Waals surface area (Å²) in [7, 11) is 0. The molecule has 1 N–H and O–H groups in total. The molecule has 1 aliphatic heterocycles. The zero-order valence-electron chi connectivity index (χ0n) is 16.8. The van der Waals surface area contributed by atoms with Crippen molar-refractivity contribution in [1.82, 2.24) is 5.32 Å². The molecule has 146 valence electrons. The molecule has 0 unspecified atom stereocenters. The summed E-state index contributed by atoms with van der Waals surface area (Å²) in [5.74, 6) is -0.111. The van der Waals surface area contributed by atoms with Crippen LogP contribution in [0.15, 0.2) is 82.7 Å². The van der Waals surface area contributed by atoms with Crippen LogP contribution in [0.4, 0.5) is 5.69 Å². The molecule has 0 aromatic heterocycles. The number of amidine groups is 1. The summed E-state index contributed by atoms with van der Waals surface area (Å²) in [6, 6.07) is 24.9. The lowest BCUT2D eigenvalue weighted by Crippen LogP contribution is -2.19. The molecule has 5 rings (SSSR count). The number of thioether (sulfide) groups is 1. The second kappa shape index (κ2) is 7.47. The number of amides is 1. The molecule has 4 aromatic rings. The van der Waals surface area contributed by atoms with Crippen LogP contribution < -0.4 is 5.32 Å². The second-order valence-electron chi connectivity index (χ2n) is 7.56. The van der Waals surface area contributed by atoms with E-state index in [2.05, 4.69) is 46.7 Å². The molecule has 0 bridgehead atoms. The van der Waals surface area contributed by atoms with Gasteiger partial charge in [-0.05, 0) is 88.1 Å². The van der Waals surface area contributed by atoms with E-state index in [1.54, 1.807) is 0 Å². The highest BCUT2D eigenvalue weighted by Gasteiger charge is 2.24. The van der Waals surface area contributed by atoms with Gasteiger partial charge in [0.25, 0.3) is 5.91 Å². The van der Waals surface area contributed by atoms with Gasteiger partial charge in [0.2, 0.25) is 0 Å². The summed E-state index contributed by atoms with van der Waals surface area (Å²) in [5, 5.41) is 8.12. The molecule has 1 fully saturated rings. The summed E-state index contributed by atoms with van der Waals surface area (Å²) in [6.45, 7) is 4.10. The fourth-order valence-corrected chi connectivity index (χ4v) is 4.77. The van der Waals surface area contributed by atoms with Crippen molar-refractivity contribution < 1.29 is 4.79 Å². The number of carbonyl (C=O) groups excluding carboxylic acids is 1.